The van der Waals surface area contributed by atoms with E-state index in [1.54, 1.807) is 12.1 Å². The van der Waals surface area contributed by atoms with Crippen molar-refractivity contribution in [3.63, 3.8) is 0 Å². The highest BCUT2D eigenvalue weighted by atomic mass is 127. The van der Waals surface area contributed by atoms with Crippen molar-refractivity contribution in [2.75, 3.05) is 18.5 Å². The summed E-state index contributed by atoms with van der Waals surface area (Å²) in [6.45, 7) is 0.829. The third-order valence-electron chi connectivity index (χ3n) is 2.90. The number of hydrogen-bond acceptors (Lipinski definition) is 6. The van der Waals surface area contributed by atoms with E-state index in [0.717, 1.165) is 3.57 Å². The van der Waals surface area contributed by atoms with Gasteiger partial charge in [0.1, 0.15) is 12.0 Å². The first-order valence-electron chi connectivity index (χ1n) is 6.83. The Morgan fingerprint density at radius 3 is 2.61 bits per heavy atom. The quantitative estimate of drug-likeness (QED) is 0.240. The minimum atomic E-state index is -0.499. The summed E-state index contributed by atoms with van der Waals surface area (Å²) in [7, 11) is 0. The second-order valence-electron chi connectivity index (χ2n) is 4.58. The highest BCUT2D eigenvalue weighted by molar-refractivity contribution is 14.1. The molecule has 0 radical (unpaired) electrons. The molecule has 1 heterocycles. The normalized spacial score (nSPS) is 10.1. The van der Waals surface area contributed by atoms with Crippen molar-refractivity contribution in [2.45, 2.75) is 6.42 Å². The van der Waals surface area contributed by atoms with Gasteiger partial charge in [0.2, 0.25) is 0 Å². The van der Waals surface area contributed by atoms with Crippen LogP contribution in [0.15, 0.2) is 42.6 Å². The van der Waals surface area contributed by atoms with Crippen LogP contribution in [0.2, 0.25) is 0 Å². The van der Waals surface area contributed by atoms with E-state index < -0.39 is 4.92 Å². The Kier molecular flexibility index (Phi) is 6.27. The van der Waals surface area contributed by atoms with Crippen molar-refractivity contribution in [3.8, 4) is 0 Å². The van der Waals surface area contributed by atoms with Gasteiger partial charge in [-0.1, -0.05) is 0 Å². The van der Waals surface area contributed by atoms with Gasteiger partial charge in [-0.3, -0.25) is 10.1 Å². The van der Waals surface area contributed by atoms with E-state index >= 15 is 0 Å². The molecule has 0 aliphatic carbocycles. The van der Waals surface area contributed by atoms with E-state index in [1.807, 2.05) is 12.1 Å². The van der Waals surface area contributed by atoms with Gasteiger partial charge in [-0.2, -0.15) is 0 Å². The summed E-state index contributed by atoms with van der Waals surface area (Å²) in [4.78, 5) is 25.7. The summed E-state index contributed by atoms with van der Waals surface area (Å²) >= 11 is 2.17. The molecule has 0 saturated carbocycles. The van der Waals surface area contributed by atoms with Gasteiger partial charge in [0.15, 0.2) is 0 Å². The number of hydrogen-bond donors (Lipinski definition) is 1. The third kappa shape index (κ3) is 5.47. The Morgan fingerprint density at radius 2 is 2.00 bits per heavy atom. The zero-order chi connectivity index (χ0) is 16.7. The molecule has 2 rings (SSSR count). The molecule has 0 saturated heterocycles. The number of esters is 1. The molecule has 7 nitrogen and oxygen atoms in total. The number of rotatable bonds is 7. The van der Waals surface area contributed by atoms with Crippen LogP contribution in [0, 0.1) is 13.7 Å². The number of ether oxygens (including phenoxy) is 1. The molecule has 2 aromatic rings. The third-order valence-corrected chi connectivity index (χ3v) is 3.62. The van der Waals surface area contributed by atoms with Crippen molar-refractivity contribution in [1.82, 2.24) is 4.98 Å². The number of pyridine rings is 1. The van der Waals surface area contributed by atoms with Crippen LogP contribution in [0.1, 0.15) is 16.8 Å². The van der Waals surface area contributed by atoms with Crippen molar-refractivity contribution in [1.29, 1.82) is 0 Å². The van der Waals surface area contributed by atoms with Gasteiger partial charge >= 0.3 is 5.97 Å². The first kappa shape index (κ1) is 17.1. The first-order valence-corrected chi connectivity index (χ1v) is 7.91. The summed E-state index contributed by atoms with van der Waals surface area (Å²) in [5, 5.41) is 13.5. The summed E-state index contributed by atoms with van der Waals surface area (Å²) < 4.78 is 6.22. The van der Waals surface area contributed by atoms with Crippen LogP contribution in [-0.4, -0.2) is 29.0 Å². The summed E-state index contributed by atoms with van der Waals surface area (Å²) in [5.74, 6) is 0.189. The Bertz CT molecular complexity index is 674. The molecule has 8 heteroatoms. The molecule has 1 N–H and O–H groups in total. The van der Waals surface area contributed by atoms with Gasteiger partial charge < -0.3 is 10.1 Å². The van der Waals surface area contributed by atoms with E-state index in [2.05, 4.69) is 32.9 Å². The van der Waals surface area contributed by atoms with Crippen LogP contribution in [0.3, 0.4) is 0 Å². The predicted octanol–water partition coefficient (Wildman–Crippen LogP) is 3.25. The predicted molar refractivity (Wildman–Crippen MR) is 93.4 cm³/mol. The van der Waals surface area contributed by atoms with E-state index in [9.17, 15) is 14.9 Å². The topological polar surface area (TPSA) is 94.4 Å². The number of aromatic nitrogens is 1. The molecule has 23 heavy (non-hydrogen) atoms. The molecule has 0 unspecified atom stereocenters. The lowest BCUT2D eigenvalue weighted by Gasteiger charge is -2.07. The van der Waals surface area contributed by atoms with E-state index in [4.69, 9.17) is 4.74 Å². The standard InChI is InChI=1S/C15H14IN3O4/c16-12-4-2-11(3-5-12)15(20)23-9-1-8-17-14-7-6-13(10-18-14)19(21)22/h2-7,10H,1,8-9H2,(H,17,18). The average Bonchev–Trinajstić information content (AvgIpc) is 2.55. The van der Waals surface area contributed by atoms with Gasteiger partial charge in [0.25, 0.3) is 5.69 Å². The fourth-order valence-electron chi connectivity index (χ4n) is 1.72. The van der Waals surface area contributed by atoms with Crippen LogP contribution in [0.5, 0.6) is 0 Å². The zero-order valence-electron chi connectivity index (χ0n) is 12.1. The maximum atomic E-state index is 11.8. The molecule has 0 fully saturated rings. The van der Waals surface area contributed by atoms with Gasteiger partial charge in [0, 0.05) is 16.2 Å². The molecule has 0 aliphatic heterocycles. The molecule has 1 aromatic heterocycles. The highest BCUT2D eigenvalue weighted by Gasteiger charge is 2.07. The second kappa shape index (κ2) is 8.42. The highest BCUT2D eigenvalue weighted by Crippen LogP contribution is 2.11. The largest absolute Gasteiger partial charge is 0.462 e. The Hall–Kier alpha value is -2.23. The zero-order valence-corrected chi connectivity index (χ0v) is 14.2. The lowest BCUT2D eigenvalue weighted by molar-refractivity contribution is -0.385. The second-order valence-corrected chi connectivity index (χ2v) is 5.83. The number of carbonyl (C=O) groups excluding carboxylic acids is 1. The van der Waals surface area contributed by atoms with Gasteiger partial charge in [-0.25, -0.2) is 9.78 Å². The molecule has 1 aromatic carbocycles. The SMILES string of the molecule is O=C(OCCCNc1ccc([N+](=O)[O-])cn1)c1ccc(I)cc1. The molecule has 0 aliphatic rings. The van der Waals surface area contributed by atoms with Crippen LogP contribution in [0.4, 0.5) is 11.5 Å². The van der Waals surface area contributed by atoms with Crippen molar-refractivity contribution in [3.05, 3.63) is 61.8 Å². The minimum Gasteiger partial charge on any atom is -0.462 e. The van der Waals surface area contributed by atoms with Gasteiger partial charge in [-0.05, 0) is 59.3 Å². The number of nitrogens with one attached hydrogen (secondary N) is 1. The van der Waals surface area contributed by atoms with E-state index in [0.29, 0.717) is 24.3 Å². The fourth-order valence-corrected chi connectivity index (χ4v) is 2.08. The lowest BCUT2D eigenvalue weighted by Crippen LogP contribution is -2.11. The monoisotopic (exact) mass is 427 g/mol. The molecule has 0 amide bonds. The number of carbonyl (C=O) groups is 1. The molecule has 0 bridgehead atoms. The number of anilines is 1. The molecular formula is C15H14IN3O4. The Labute approximate surface area is 146 Å². The van der Waals surface area contributed by atoms with Crippen LogP contribution >= 0.6 is 22.6 Å². The summed E-state index contributed by atoms with van der Waals surface area (Å²) in [6.07, 6.45) is 1.80. The van der Waals surface area contributed by atoms with Crippen LogP contribution in [0.25, 0.3) is 0 Å². The number of nitrogens with zero attached hydrogens (tertiary/aromatic N) is 2. The molecule has 120 valence electrons. The van der Waals surface area contributed by atoms with Crippen LogP contribution in [-0.2, 0) is 4.74 Å². The molecular weight excluding hydrogens is 413 g/mol. The van der Waals surface area contributed by atoms with Crippen molar-refractivity contribution >= 4 is 40.1 Å². The molecule has 0 spiro atoms. The first-order chi connectivity index (χ1) is 11.1. The van der Waals surface area contributed by atoms with Crippen molar-refractivity contribution in [2.24, 2.45) is 0 Å². The number of halogens is 1. The Balaban J connectivity index is 1.68. The van der Waals surface area contributed by atoms with Gasteiger partial charge in [-0.15, -0.1) is 0 Å². The smallest absolute Gasteiger partial charge is 0.338 e. The van der Waals surface area contributed by atoms with E-state index in [-0.39, 0.29) is 18.3 Å². The van der Waals surface area contributed by atoms with Crippen LogP contribution < -0.4 is 5.32 Å². The lowest BCUT2D eigenvalue weighted by atomic mass is 10.2. The summed E-state index contributed by atoms with van der Waals surface area (Å²) in [5.41, 5.74) is 0.470. The number of nitro groups is 1. The van der Waals surface area contributed by atoms with E-state index in [1.165, 1.54) is 18.3 Å². The minimum absolute atomic E-state index is 0.0537. The average molecular weight is 427 g/mol. The number of benzene rings is 1. The van der Waals surface area contributed by atoms with Crippen molar-refractivity contribution < 1.29 is 14.5 Å². The summed E-state index contributed by atoms with van der Waals surface area (Å²) in [6, 6.07) is 10.1. The maximum Gasteiger partial charge on any atom is 0.338 e. The molecule has 0 atom stereocenters. The Morgan fingerprint density at radius 1 is 1.26 bits per heavy atom. The van der Waals surface area contributed by atoms with Gasteiger partial charge in [0.05, 0.1) is 17.1 Å². The maximum absolute atomic E-state index is 11.8. The fraction of sp³-hybridized carbons (Fsp3) is 0.200.